The predicted octanol–water partition coefficient (Wildman–Crippen LogP) is 3.44. The van der Waals surface area contributed by atoms with Gasteiger partial charge in [-0.15, -0.1) is 0 Å². The van der Waals surface area contributed by atoms with Gasteiger partial charge in [-0.1, -0.05) is 0 Å². The molecule has 1 aliphatic carbocycles. The van der Waals surface area contributed by atoms with Crippen LogP contribution in [0.5, 0.6) is 0 Å². The molecule has 0 aromatic heterocycles. The zero-order valence-corrected chi connectivity index (χ0v) is 15.2. The minimum absolute atomic E-state index is 0.215. The zero-order chi connectivity index (χ0) is 17.5. The van der Waals surface area contributed by atoms with Crippen LogP contribution >= 0.6 is 0 Å². The number of hydrogen-bond donors (Lipinski definition) is 1. The summed E-state index contributed by atoms with van der Waals surface area (Å²) in [6, 6.07) is 0.215. The molecule has 2 amide bonds. The van der Waals surface area contributed by atoms with Crippen molar-refractivity contribution >= 4 is 12.2 Å². The average molecular weight is 326 g/mol. The highest BCUT2D eigenvalue weighted by Crippen LogP contribution is 2.39. The first kappa shape index (κ1) is 17.9. The van der Waals surface area contributed by atoms with E-state index in [1.807, 2.05) is 41.5 Å². The van der Waals surface area contributed by atoms with Crippen molar-refractivity contribution in [2.45, 2.75) is 90.0 Å². The van der Waals surface area contributed by atoms with Gasteiger partial charge in [0.05, 0.1) is 5.54 Å². The molecule has 3 aliphatic rings. The number of carbonyl (C=O) groups excluding carboxylic acids is 2. The largest absolute Gasteiger partial charge is 0.444 e. The van der Waals surface area contributed by atoms with Crippen molar-refractivity contribution in [1.82, 2.24) is 10.2 Å². The summed E-state index contributed by atoms with van der Waals surface area (Å²) in [6.45, 7) is 11.6. The molecule has 0 atom stereocenters. The van der Waals surface area contributed by atoms with Crippen molar-refractivity contribution in [3.8, 4) is 0 Å². The topological polar surface area (TPSA) is 67.9 Å². The molecular formula is C17H30N2O4. The van der Waals surface area contributed by atoms with Crippen molar-refractivity contribution in [2.75, 3.05) is 6.54 Å². The number of carbonyl (C=O) groups is 2. The lowest BCUT2D eigenvalue weighted by molar-refractivity contribution is -0.0301. The lowest BCUT2D eigenvalue weighted by atomic mass is 9.74. The van der Waals surface area contributed by atoms with Gasteiger partial charge in [-0.05, 0) is 67.2 Å². The Bertz CT molecular complexity index is 468. The lowest BCUT2D eigenvalue weighted by Crippen LogP contribution is -2.66. The molecular weight excluding hydrogens is 296 g/mol. The van der Waals surface area contributed by atoms with Crippen LogP contribution < -0.4 is 5.32 Å². The maximum atomic E-state index is 12.4. The zero-order valence-electron chi connectivity index (χ0n) is 15.2. The van der Waals surface area contributed by atoms with E-state index in [1.165, 1.54) is 0 Å². The number of rotatable bonds is 1. The van der Waals surface area contributed by atoms with Gasteiger partial charge in [0.15, 0.2) is 0 Å². The van der Waals surface area contributed by atoms with Crippen LogP contribution in [0.1, 0.15) is 67.2 Å². The van der Waals surface area contributed by atoms with Crippen molar-refractivity contribution in [2.24, 2.45) is 0 Å². The molecule has 3 rings (SSSR count). The number of hydrogen-bond acceptors (Lipinski definition) is 4. The van der Waals surface area contributed by atoms with E-state index in [1.54, 1.807) is 4.90 Å². The molecule has 23 heavy (non-hydrogen) atoms. The second-order valence-corrected chi connectivity index (χ2v) is 8.75. The highest BCUT2D eigenvalue weighted by Gasteiger charge is 2.48. The third-order valence-electron chi connectivity index (χ3n) is 4.22. The van der Waals surface area contributed by atoms with Gasteiger partial charge in [0.1, 0.15) is 11.2 Å². The fraction of sp³-hybridized carbons (Fsp3) is 0.882. The monoisotopic (exact) mass is 326 g/mol. The summed E-state index contributed by atoms with van der Waals surface area (Å²) < 4.78 is 10.9. The third kappa shape index (κ3) is 4.75. The third-order valence-corrected chi connectivity index (χ3v) is 4.22. The maximum Gasteiger partial charge on any atom is 0.410 e. The number of piperidine rings is 2. The summed E-state index contributed by atoms with van der Waals surface area (Å²) in [4.78, 5) is 26.3. The Morgan fingerprint density at radius 3 is 2.00 bits per heavy atom. The second-order valence-electron chi connectivity index (χ2n) is 8.75. The van der Waals surface area contributed by atoms with Crippen molar-refractivity contribution in [3.63, 3.8) is 0 Å². The van der Waals surface area contributed by atoms with Gasteiger partial charge in [-0.25, -0.2) is 9.59 Å². The fourth-order valence-corrected chi connectivity index (χ4v) is 3.30. The smallest absolute Gasteiger partial charge is 0.410 e. The summed E-state index contributed by atoms with van der Waals surface area (Å²) in [5, 5.41) is 3.01. The number of alkyl carbamates (subject to hydrolysis) is 1. The number of nitrogens with zero attached hydrogens (tertiary/aromatic N) is 1. The van der Waals surface area contributed by atoms with E-state index in [0.717, 1.165) is 25.7 Å². The first-order valence-corrected chi connectivity index (χ1v) is 8.40. The normalized spacial score (nSPS) is 27.6. The molecule has 2 saturated heterocycles. The molecule has 1 saturated carbocycles. The van der Waals surface area contributed by atoms with E-state index < -0.39 is 22.8 Å². The molecule has 0 aromatic carbocycles. The highest BCUT2D eigenvalue weighted by atomic mass is 16.6. The quantitative estimate of drug-likeness (QED) is 0.801. The minimum Gasteiger partial charge on any atom is -0.444 e. The van der Waals surface area contributed by atoms with Crippen LogP contribution in [0.3, 0.4) is 0 Å². The van der Waals surface area contributed by atoms with Gasteiger partial charge in [0.2, 0.25) is 0 Å². The van der Waals surface area contributed by atoms with Gasteiger partial charge in [0, 0.05) is 12.6 Å². The SMILES string of the molecule is CC(C)(C)OC(=O)NC12CCC(CC1)N(C(=O)OC(C)(C)C)C2. The second kappa shape index (κ2) is 5.87. The molecule has 6 heteroatoms. The number of nitrogens with one attached hydrogen (secondary N) is 1. The number of fused-ring (bicyclic) bond motifs is 3. The van der Waals surface area contributed by atoms with Crippen LogP contribution in [0.25, 0.3) is 0 Å². The van der Waals surface area contributed by atoms with Gasteiger partial charge < -0.3 is 19.7 Å². The Kier molecular flexibility index (Phi) is 4.57. The summed E-state index contributed by atoms with van der Waals surface area (Å²) in [6.07, 6.45) is 2.80. The number of amides is 2. The Morgan fingerprint density at radius 1 is 1.00 bits per heavy atom. The minimum atomic E-state index is -0.530. The van der Waals surface area contributed by atoms with E-state index in [4.69, 9.17) is 9.47 Å². The molecule has 1 N–H and O–H groups in total. The molecule has 6 nitrogen and oxygen atoms in total. The van der Waals surface area contributed by atoms with Gasteiger partial charge >= 0.3 is 12.2 Å². The molecule has 0 aromatic rings. The summed E-state index contributed by atoms with van der Waals surface area (Å²) in [5.41, 5.74) is -1.44. The van der Waals surface area contributed by atoms with Crippen molar-refractivity contribution in [1.29, 1.82) is 0 Å². The van der Waals surface area contributed by atoms with Crippen molar-refractivity contribution < 1.29 is 19.1 Å². The van der Waals surface area contributed by atoms with E-state index in [0.29, 0.717) is 6.54 Å². The van der Waals surface area contributed by atoms with Gasteiger partial charge in [-0.3, -0.25) is 0 Å². The standard InChI is InChI=1S/C17H30N2O4/c1-15(2,3)22-13(20)18-17-9-7-12(8-10-17)19(11-17)14(21)23-16(4,5)6/h12H,7-11H2,1-6H3,(H,18,20). The molecule has 0 spiro atoms. The Balaban J connectivity index is 2.03. The summed E-state index contributed by atoms with van der Waals surface area (Å²) in [7, 11) is 0. The van der Waals surface area contributed by atoms with E-state index in [2.05, 4.69) is 5.32 Å². The average Bonchev–Trinajstić information content (AvgIpc) is 2.34. The summed E-state index contributed by atoms with van der Waals surface area (Å²) in [5.74, 6) is 0. The number of ether oxygens (including phenoxy) is 2. The van der Waals surface area contributed by atoms with E-state index in [9.17, 15) is 9.59 Å². The molecule has 2 bridgehead atoms. The van der Waals surface area contributed by atoms with Crippen LogP contribution in [0.4, 0.5) is 9.59 Å². The molecule has 0 radical (unpaired) electrons. The van der Waals surface area contributed by atoms with Crippen LogP contribution in [-0.4, -0.2) is 46.4 Å². The maximum absolute atomic E-state index is 12.4. The van der Waals surface area contributed by atoms with Crippen LogP contribution in [0, 0.1) is 0 Å². The van der Waals surface area contributed by atoms with Gasteiger partial charge in [0.25, 0.3) is 0 Å². The van der Waals surface area contributed by atoms with E-state index in [-0.39, 0.29) is 12.1 Å². The molecule has 2 heterocycles. The predicted molar refractivity (Wildman–Crippen MR) is 87.3 cm³/mol. The molecule has 132 valence electrons. The van der Waals surface area contributed by atoms with Gasteiger partial charge in [-0.2, -0.15) is 0 Å². The Hall–Kier alpha value is -1.46. The first-order chi connectivity index (χ1) is 10.4. The Morgan fingerprint density at radius 2 is 1.52 bits per heavy atom. The Labute approximate surface area is 138 Å². The molecule has 3 fully saturated rings. The molecule has 2 aliphatic heterocycles. The van der Waals surface area contributed by atoms with E-state index >= 15 is 0 Å². The lowest BCUT2D eigenvalue weighted by Gasteiger charge is -2.52. The van der Waals surface area contributed by atoms with Crippen LogP contribution in [0.2, 0.25) is 0 Å². The van der Waals surface area contributed by atoms with Crippen LogP contribution in [0.15, 0.2) is 0 Å². The summed E-state index contributed by atoms with van der Waals surface area (Å²) >= 11 is 0. The van der Waals surface area contributed by atoms with Crippen molar-refractivity contribution in [3.05, 3.63) is 0 Å². The van der Waals surface area contributed by atoms with Crippen LogP contribution in [-0.2, 0) is 9.47 Å². The fourth-order valence-electron chi connectivity index (χ4n) is 3.30. The molecule has 0 unspecified atom stereocenters. The highest BCUT2D eigenvalue weighted by molar-refractivity contribution is 5.71. The first-order valence-electron chi connectivity index (χ1n) is 8.40.